The summed E-state index contributed by atoms with van der Waals surface area (Å²) in [5, 5.41) is 7.97. The molecule has 0 aromatic heterocycles. The number of nitrogens with one attached hydrogen (secondary N) is 2. The number of carbonyl (C=O) groups is 4. The third kappa shape index (κ3) is 10.9. The van der Waals surface area contributed by atoms with E-state index in [1.165, 1.54) is 12.4 Å². The fraction of sp³-hybridized carbons (Fsp3) is 0.118. The summed E-state index contributed by atoms with van der Waals surface area (Å²) in [6, 6.07) is 27.3. The first-order valence-electron chi connectivity index (χ1n) is 14.1. The lowest BCUT2D eigenvalue weighted by molar-refractivity contribution is -0.123. The van der Waals surface area contributed by atoms with Crippen molar-refractivity contribution in [3.05, 3.63) is 128 Å². The van der Waals surface area contributed by atoms with Gasteiger partial charge in [-0.05, 0) is 73.5 Å². The van der Waals surface area contributed by atoms with Crippen LogP contribution in [-0.4, -0.2) is 36.2 Å². The monoisotopic (exact) mass is 746 g/mol. The number of unbranched alkanes of at least 4 members (excludes halogenated alkanes) is 1. The second-order valence-electron chi connectivity index (χ2n) is 9.67. The van der Waals surface area contributed by atoms with Gasteiger partial charge in [0.2, 0.25) is 11.8 Å². The van der Waals surface area contributed by atoms with Crippen molar-refractivity contribution in [1.29, 1.82) is 0 Å². The molecule has 0 aliphatic carbocycles. The molecule has 0 fully saturated rings. The molecule has 4 aromatic carbocycles. The Labute approximate surface area is 282 Å². The lowest BCUT2D eigenvalue weighted by Crippen LogP contribution is -2.19. The van der Waals surface area contributed by atoms with Crippen molar-refractivity contribution in [3.8, 4) is 11.5 Å². The second kappa shape index (κ2) is 17.5. The van der Waals surface area contributed by atoms with Crippen LogP contribution in [-0.2, 0) is 9.59 Å². The third-order valence-electron chi connectivity index (χ3n) is 6.21. The van der Waals surface area contributed by atoms with Gasteiger partial charge in [-0.1, -0.05) is 68.3 Å². The van der Waals surface area contributed by atoms with Crippen LogP contribution >= 0.6 is 31.9 Å². The molecule has 0 saturated heterocycles. The molecule has 0 aliphatic rings. The Kier molecular flexibility index (Phi) is 12.9. The van der Waals surface area contributed by atoms with Gasteiger partial charge in [0.15, 0.2) is 0 Å². The molecule has 0 radical (unpaired) electrons. The predicted octanol–water partition coefficient (Wildman–Crippen LogP) is 6.81. The van der Waals surface area contributed by atoms with Gasteiger partial charge in [0.05, 0.1) is 23.6 Å². The first-order valence-corrected chi connectivity index (χ1v) is 15.6. The van der Waals surface area contributed by atoms with E-state index in [1.807, 2.05) is 0 Å². The Balaban J connectivity index is 1.19. The summed E-state index contributed by atoms with van der Waals surface area (Å²) in [4.78, 5) is 49.4. The van der Waals surface area contributed by atoms with Gasteiger partial charge in [0, 0.05) is 32.9 Å². The number of benzene rings is 4. The largest absolute Gasteiger partial charge is 0.422 e. The first kappa shape index (κ1) is 33.9. The molecule has 4 rings (SSSR count). The van der Waals surface area contributed by atoms with Gasteiger partial charge in [-0.25, -0.2) is 20.4 Å². The highest BCUT2D eigenvalue weighted by Crippen LogP contribution is 2.24. The van der Waals surface area contributed by atoms with Crippen molar-refractivity contribution >= 4 is 68.0 Å². The topological polar surface area (TPSA) is 136 Å². The molecular formula is C34H28Br2N4O6. The van der Waals surface area contributed by atoms with Gasteiger partial charge in [0.1, 0.15) is 11.5 Å². The molecule has 0 bridgehead atoms. The van der Waals surface area contributed by atoms with Crippen LogP contribution < -0.4 is 20.3 Å². The summed E-state index contributed by atoms with van der Waals surface area (Å²) in [6.07, 6.45) is 3.97. The van der Waals surface area contributed by atoms with Crippen molar-refractivity contribution in [2.45, 2.75) is 25.7 Å². The molecule has 46 heavy (non-hydrogen) atoms. The van der Waals surface area contributed by atoms with Crippen LogP contribution in [0, 0.1) is 0 Å². The summed E-state index contributed by atoms with van der Waals surface area (Å²) < 4.78 is 12.5. The minimum Gasteiger partial charge on any atom is -0.422 e. The predicted molar refractivity (Wildman–Crippen MR) is 181 cm³/mol. The molecule has 0 saturated carbocycles. The number of hydrogen-bond donors (Lipinski definition) is 2. The summed E-state index contributed by atoms with van der Waals surface area (Å²) in [5.41, 5.74) is 6.68. The Hall–Kier alpha value is -4.94. The summed E-state index contributed by atoms with van der Waals surface area (Å²) in [5.74, 6) is -1.13. The van der Waals surface area contributed by atoms with Gasteiger partial charge >= 0.3 is 11.9 Å². The standard InChI is InChI=1S/C34H28Br2N4O6/c35-27-15-17-29(45-33(43)23-9-3-1-4-10-23)25(19-27)21-37-39-31(41)13-7-8-14-32(42)40-38-22-26-20-28(36)16-18-30(26)46-34(44)24-11-5-2-6-12-24/h1-6,9-12,15-22H,7-8,13-14H2,(H,39,41)(H,40,42)/b37-21-,38-22-. The number of amides is 2. The van der Waals surface area contributed by atoms with E-state index in [9.17, 15) is 19.2 Å². The van der Waals surface area contributed by atoms with E-state index >= 15 is 0 Å². The Morgan fingerprint density at radius 1 is 0.587 bits per heavy atom. The van der Waals surface area contributed by atoms with E-state index in [0.717, 1.165) is 8.95 Å². The average molecular weight is 748 g/mol. The van der Waals surface area contributed by atoms with Gasteiger partial charge in [0.25, 0.3) is 0 Å². The number of esters is 2. The SMILES string of the molecule is O=C(CCCCC(=O)N/N=C\c1cc(Br)ccc1OC(=O)c1ccccc1)N/N=C\c1cc(Br)ccc1OC(=O)c1ccccc1. The van der Waals surface area contributed by atoms with Crippen LogP contribution in [0.15, 0.2) is 116 Å². The Morgan fingerprint density at radius 3 is 1.37 bits per heavy atom. The molecule has 0 heterocycles. The zero-order valence-electron chi connectivity index (χ0n) is 24.3. The highest BCUT2D eigenvalue weighted by Gasteiger charge is 2.13. The van der Waals surface area contributed by atoms with Crippen molar-refractivity contribution in [2.24, 2.45) is 10.2 Å². The summed E-state index contributed by atoms with van der Waals surface area (Å²) in [7, 11) is 0. The molecule has 0 aliphatic heterocycles. The summed E-state index contributed by atoms with van der Waals surface area (Å²) in [6.45, 7) is 0. The van der Waals surface area contributed by atoms with Gasteiger partial charge in [-0.2, -0.15) is 10.2 Å². The minimum absolute atomic E-state index is 0.149. The number of hydrazone groups is 2. The molecule has 0 unspecified atom stereocenters. The van der Waals surface area contributed by atoms with Crippen LogP contribution in [0.1, 0.15) is 57.5 Å². The number of rotatable bonds is 13. The van der Waals surface area contributed by atoms with Crippen LogP contribution in [0.25, 0.3) is 0 Å². The van der Waals surface area contributed by atoms with Crippen molar-refractivity contribution in [2.75, 3.05) is 0 Å². The number of nitrogens with zero attached hydrogens (tertiary/aromatic N) is 2. The minimum atomic E-state index is -0.515. The van der Waals surface area contributed by atoms with E-state index in [-0.39, 0.29) is 36.2 Å². The zero-order valence-corrected chi connectivity index (χ0v) is 27.5. The van der Waals surface area contributed by atoms with Gasteiger partial charge < -0.3 is 9.47 Å². The smallest absolute Gasteiger partial charge is 0.343 e. The van der Waals surface area contributed by atoms with E-state index < -0.39 is 11.9 Å². The van der Waals surface area contributed by atoms with E-state index in [1.54, 1.807) is 97.1 Å². The molecule has 2 amide bonds. The quantitative estimate of drug-likeness (QED) is 0.0507. The van der Waals surface area contributed by atoms with Crippen LogP contribution in [0.2, 0.25) is 0 Å². The van der Waals surface area contributed by atoms with E-state index in [2.05, 4.69) is 52.9 Å². The van der Waals surface area contributed by atoms with E-state index in [4.69, 9.17) is 9.47 Å². The molecule has 12 heteroatoms. The number of halogens is 2. The molecule has 234 valence electrons. The van der Waals surface area contributed by atoms with Crippen molar-refractivity contribution in [3.63, 3.8) is 0 Å². The third-order valence-corrected chi connectivity index (χ3v) is 7.20. The normalized spacial score (nSPS) is 10.9. The average Bonchev–Trinajstić information content (AvgIpc) is 3.06. The molecule has 2 N–H and O–H groups in total. The Morgan fingerprint density at radius 2 is 0.978 bits per heavy atom. The number of carbonyl (C=O) groups excluding carboxylic acids is 4. The van der Waals surface area contributed by atoms with Crippen LogP contribution in [0.4, 0.5) is 0 Å². The second-order valence-corrected chi connectivity index (χ2v) is 11.5. The molecule has 0 atom stereocenters. The van der Waals surface area contributed by atoms with Crippen LogP contribution in [0.5, 0.6) is 11.5 Å². The lowest BCUT2D eigenvalue weighted by atomic mass is 10.2. The Bertz CT molecular complexity index is 1620. The van der Waals surface area contributed by atoms with Crippen LogP contribution in [0.3, 0.4) is 0 Å². The molecular weight excluding hydrogens is 720 g/mol. The van der Waals surface area contributed by atoms with Crippen molar-refractivity contribution < 1.29 is 28.7 Å². The molecule has 0 spiro atoms. The maximum atomic E-state index is 12.5. The molecule has 4 aromatic rings. The first-order chi connectivity index (χ1) is 22.3. The maximum absolute atomic E-state index is 12.5. The van der Waals surface area contributed by atoms with Gasteiger partial charge in [-0.3, -0.25) is 9.59 Å². The fourth-order valence-electron chi connectivity index (χ4n) is 3.92. The van der Waals surface area contributed by atoms with E-state index in [0.29, 0.717) is 35.1 Å². The lowest BCUT2D eigenvalue weighted by Gasteiger charge is -2.08. The molecule has 10 nitrogen and oxygen atoms in total. The number of ether oxygens (including phenoxy) is 2. The highest BCUT2D eigenvalue weighted by atomic mass is 79.9. The van der Waals surface area contributed by atoms with Crippen molar-refractivity contribution in [1.82, 2.24) is 10.9 Å². The highest BCUT2D eigenvalue weighted by molar-refractivity contribution is 9.10. The summed E-state index contributed by atoms with van der Waals surface area (Å²) >= 11 is 6.76. The van der Waals surface area contributed by atoms with Gasteiger partial charge in [-0.15, -0.1) is 0 Å². The number of hydrogen-bond acceptors (Lipinski definition) is 8. The zero-order chi connectivity index (χ0) is 32.7. The maximum Gasteiger partial charge on any atom is 0.343 e. The fourth-order valence-corrected chi connectivity index (χ4v) is 4.68.